The van der Waals surface area contributed by atoms with Gasteiger partial charge in [-0.3, -0.25) is 9.78 Å². The number of rotatable bonds is 3. The number of carbonyl (C=O) groups excluding carboxylic acids is 1. The summed E-state index contributed by atoms with van der Waals surface area (Å²) in [5.41, 5.74) is 6.11. The number of amides is 1. The van der Waals surface area contributed by atoms with Gasteiger partial charge in [0, 0.05) is 18.8 Å². The molecule has 1 aliphatic carbocycles. The van der Waals surface area contributed by atoms with Crippen LogP contribution in [0.1, 0.15) is 36.0 Å². The number of aromatic hydroxyl groups is 1. The van der Waals surface area contributed by atoms with Gasteiger partial charge in [0.25, 0.3) is 5.91 Å². The fourth-order valence-corrected chi connectivity index (χ4v) is 2.30. The average molecular weight is 249 g/mol. The molecule has 1 aromatic rings. The van der Waals surface area contributed by atoms with Crippen LogP contribution < -0.4 is 11.1 Å². The molecule has 0 saturated heterocycles. The number of nitrogens with one attached hydrogen (secondary N) is 1. The van der Waals surface area contributed by atoms with Crippen molar-refractivity contribution in [2.75, 3.05) is 6.54 Å². The second-order valence-electron chi connectivity index (χ2n) is 4.88. The van der Waals surface area contributed by atoms with E-state index in [2.05, 4.69) is 10.3 Å². The molecule has 2 rings (SSSR count). The highest BCUT2D eigenvalue weighted by Crippen LogP contribution is 2.22. The van der Waals surface area contributed by atoms with Gasteiger partial charge in [0.15, 0.2) is 0 Å². The van der Waals surface area contributed by atoms with Gasteiger partial charge in [-0.2, -0.15) is 0 Å². The van der Waals surface area contributed by atoms with Gasteiger partial charge < -0.3 is 16.2 Å². The first-order chi connectivity index (χ1) is 8.66. The molecule has 5 heteroatoms. The van der Waals surface area contributed by atoms with Crippen molar-refractivity contribution in [3.05, 3.63) is 24.0 Å². The standard InChI is InChI=1S/C13H19N3O2/c14-10-3-1-9(2-4-10)7-16-13(18)11-5-6-15-8-12(11)17/h5-6,8-10,17H,1-4,7,14H2,(H,16,18). The summed E-state index contributed by atoms with van der Waals surface area (Å²) in [4.78, 5) is 15.6. The van der Waals surface area contributed by atoms with E-state index in [0.29, 0.717) is 18.5 Å². The van der Waals surface area contributed by atoms with Crippen LogP contribution in [-0.4, -0.2) is 28.6 Å². The molecule has 0 radical (unpaired) electrons. The second-order valence-corrected chi connectivity index (χ2v) is 4.88. The molecule has 0 bridgehead atoms. The van der Waals surface area contributed by atoms with Crippen molar-refractivity contribution < 1.29 is 9.90 Å². The summed E-state index contributed by atoms with van der Waals surface area (Å²) in [5.74, 6) is 0.170. The lowest BCUT2D eigenvalue weighted by molar-refractivity contribution is 0.0940. The normalized spacial score (nSPS) is 23.6. The van der Waals surface area contributed by atoms with Gasteiger partial charge in [0.05, 0.1) is 11.8 Å². The zero-order chi connectivity index (χ0) is 13.0. The summed E-state index contributed by atoms with van der Waals surface area (Å²) in [5, 5.41) is 12.4. The minimum atomic E-state index is -0.246. The van der Waals surface area contributed by atoms with Crippen LogP contribution in [0.5, 0.6) is 5.75 Å². The monoisotopic (exact) mass is 249 g/mol. The van der Waals surface area contributed by atoms with E-state index >= 15 is 0 Å². The molecule has 18 heavy (non-hydrogen) atoms. The highest BCUT2D eigenvalue weighted by Gasteiger charge is 2.19. The summed E-state index contributed by atoms with van der Waals surface area (Å²) in [6, 6.07) is 1.84. The van der Waals surface area contributed by atoms with Crippen molar-refractivity contribution in [2.24, 2.45) is 11.7 Å². The summed E-state index contributed by atoms with van der Waals surface area (Å²) in [6.45, 7) is 0.646. The van der Waals surface area contributed by atoms with Crippen LogP contribution in [0.4, 0.5) is 0 Å². The van der Waals surface area contributed by atoms with E-state index < -0.39 is 0 Å². The van der Waals surface area contributed by atoms with E-state index in [1.165, 1.54) is 18.5 Å². The molecule has 98 valence electrons. The average Bonchev–Trinajstić information content (AvgIpc) is 2.38. The van der Waals surface area contributed by atoms with Gasteiger partial charge in [0.2, 0.25) is 0 Å². The third kappa shape index (κ3) is 3.20. The van der Waals surface area contributed by atoms with E-state index in [1.54, 1.807) is 0 Å². The van der Waals surface area contributed by atoms with Crippen LogP contribution in [-0.2, 0) is 0 Å². The fraction of sp³-hybridized carbons (Fsp3) is 0.538. The van der Waals surface area contributed by atoms with Gasteiger partial charge in [-0.05, 0) is 37.7 Å². The van der Waals surface area contributed by atoms with Crippen LogP contribution in [0.2, 0.25) is 0 Å². The minimum absolute atomic E-state index is 0.0827. The lowest BCUT2D eigenvalue weighted by Gasteiger charge is -2.26. The molecule has 0 spiro atoms. The van der Waals surface area contributed by atoms with Crippen molar-refractivity contribution in [2.45, 2.75) is 31.7 Å². The SMILES string of the molecule is NC1CCC(CNC(=O)c2ccncc2O)CC1. The summed E-state index contributed by atoms with van der Waals surface area (Å²) >= 11 is 0. The molecule has 1 aromatic heterocycles. The molecule has 0 aromatic carbocycles. The third-order valence-corrected chi connectivity index (χ3v) is 3.49. The number of nitrogens with two attached hydrogens (primary N) is 1. The molecule has 5 nitrogen and oxygen atoms in total. The summed E-state index contributed by atoms with van der Waals surface area (Å²) in [7, 11) is 0. The van der Waals surface area contributed by atoms with Gasteiger partial charge in [-0.1, -0.05) is 0 Å². The molecule has 1 aliphatic rings. The molecule has 1 saturated carbocycles. The molecule has 0 unspecified atom stereocenters. The molecule has 1 heterocycles. The van der Waals surface area contributed by atoms with E-state index in [-0.39, 0.29) is 17.2 Å². The van der Waals surface area contributed by atoms with Crippen LogP contribution in [0.15, 0.2) is 18.5 Å². The van der Waals surface area contributed by atoms with Crippen LogP contribution in [0, 0.1) is 5.92 Å². The number of aromatic nitrogens is 1. The number of hydrogen-bond acceptors (Lipinski definition) is 4. The number of pyridine rings is 1. The zero-order valence-electron chi connectivity index (χ0n) is 10.3. The van der Waals surface area contributed by atoms with Crippen molar-refractivity contribution >= 4 is 5.91 Å². The maximum Gasteiger partial charge on any atom is 0.255 e. The fourth-order valence-electron chi connectivity index (χ4n) is 2.30. The van der Waals surface area contributed by atoms with Crippen molar-refractivity contribution in [1.82, 2.24) is 10.3 Å². The Labute approximate surface area is 106 Å². The van der Waals surface area contributed by atoms with Crippen LogP contribution >= 0.6 is 0 Å². The van der Waals surface area contributed by atoms with E-state index in [9.17, 15) is 9.90 Å². The van der Waals surface area contributed by atoms with E-state index in [1.807, 2.05) is 0 Å². The van der Waals surface area contributed by atoms with Gasteiger partial charge in [-0.15, -0.1) is 0 Å². The number of carbonyl (C=O) groups is 1. The largest absolute Gasteiger partial charge is 0.505 e. The van der Waals surface area contributed by atoms with E-state index in [0.717, 1.165) is 25.7 Å². The van der Waals surface area contributed by atoms with Crippen LogP contribution in [0.25, 0.3) is 0 Å². The Hall–Kier alpha value is -1.62. The van der Waals surface area contributed by atoms with Crippen LogP contribution in [0.3, 0.4) is 0 Å². The number of nitrogens with zero attached hydrogens (tertiary/aromatic N) is 1. The predicted molar refractivity (Wildman–Crippen MR) is 68.2 cm³/mol. The van der Waals surface area contributed by atoms with Crippen molar-refractivity contribution in [3.63, 3.8) is 0 Å². The second kappa shape index (κ2) is 5.82. The molecule has 1 fully saturated rings. The first kappa shape index (κ1) is 12.8. The maximum atomic E-state index is 11.8. The minimum Gasteiger partial charge on any atom is -0.505 e. The Bertz CT molecular complexity index is 414. The van der Waals surface area contributed by atoms with Gasteiger partial charge >= 0.3 is 0 Å². The summed E-state index contributed by atoms with van der Waals surface area (Å²) < 4.78 is 0. The Morgan fingerprint density at radius 3 is 2.83 bits per heavy atom. The van der Waals surface area contributed by atoms with E-state index in [4.69, 9.17) is 5.73 Å². The molecule has 0 atom stereocenters. The quantitative estimate of drug-likeness (QED) is 0.746. The first-order valence-electron chi connectivity index (χ1n) is 6.33. The predicted octanol–water partition coefficient (Wildman–Crippen LogP) is 1.03. The zero-order valence-corrected chi connectivity index (χ0v) is 10.3. The van der Waals surface area contributed by atoms with Crippen molar-refractivity contribution in [3.8, 4) is 5.75 Å². The first-order valence-corrected chi connectivity index (χ1v) is 6.33. The Morgan fingerprint density at radius 2 is 2.17 bits per heavy atom. The Kier molecular flexibility index (Phi) is 4.15. The van der Waals surface area contributed by atoms with Crippen molar-refractivity contribution in [1.29, 1.82) is 0 Å². The molecule has 4 N–H and O–H groups in total. The highest BCUT2D eigenvalue weighted by atomic mass is 16.3. The lowest BCUT2D eigenvalue weighted by Crippen LogP contribution is -2.34. The Morgan fingerprint density at radius 1 is 1.44 bits per heavy atom. The smallest absolute Gasteiger partial charge is 0.255 e. The molecular weight excluding hydrogens is 230 g/mol. The maximum absolute atomic E-state index is 11.8. The summed E-state index contributed by atoms with van der Waals surface area (Å²) in [6.07, 6.45) is 6.94. The third-order valence-electron chi connectivity index (χ3n) is 3.49. The topological polar surface area (TPSA) is 88.2 Å². The van der Waals surface area contributed by atoms with Gasteiger partial charge in [0.1, 0.15) is 5.75 Å². The molecule has 0 aliphatic heterocycles. The molecule has 1 amide bonds. The molecular formula is C13H19N3O2. The number of hydrogen-bond donors (Lipinski definition) is 3. The highest BCUT2D eigenvalue weighted by molar-refractivity contribution is 5.96. The Balaban J connectivity index is 1.84. The van der Waals surface area contributed by atoms with Gasteiger partial charge in [-0.25, -0.2) is 0 Å². The lowest BCUT2D eigenvalue weighted by atomic mass is 9.86.